The van der Waals surface area contributed by atoms with E-state index in [-0.39, 0.29) is 0 Å². The Kier molecular flexibility index (Phi) is 3.76. The third-order valence-corrected chi connectivity index (χ3v) is 5.80. The van der Waals surface area contributed by atoms with Crippen molar-refractivity contribution >= 4 is 21.5 Å². The van der Waals surface area contributed by atoms with Crippen LogP contribution in [0.1, 0.15) is 29.5 Å². The van der Waals surface area contributed by atoms with Gasteiger partial charge in [-0.3, -0.25) is 4.90 Å². The number of hydrogen-bond acceptors (Lipinski definition) is 1. The average molecular weight is 337 g/mol. The molecule has 0 saturated heterocycles. The molecule has 0 fully saturated rings. The summed E-state index contributed by atoms with van der Waals surface area (Å²) in [6, 6.07) is 28.8. The van der Waals surface area contributed by atoms with Crippen LogP contribution in [-0.2, 0) is 13.1 Å². The van der Waals surface area contributed by atoms with Crippen molar-refractivity contribution in [3.05, 3.63) is 95.6 Å². The van der Waals surface area contributed by atoms with Crippen LogP contribution >= 0.6 is 0 Å². The summed E-state index contributed by atoms with van der Waals surface area (Å²) in [5.41, 5.74) is 4.47. The van der Waals surface area contributed by atoms with Gasteiger partial charge in [0.15, 0.2) is 0 Å². The quantitative estimate of drug-likeness (QED) is 0.426. The van der Waals surface area contributed by atoms with Crippen molar-refractivity contribution in [2.75, 3.05) is 6.54 Å². The van der Waals surface area contributed by atoms with Gasteiger partial charge < -0.3 is 0 Å². The summed E-state index contributed by atoms with van der Waals surface area (Å²) < 4.78 is 0. The first-order chi connectivity index (χ1) is 12.8. The zero-order chi connectivity index (χ0) is 17.5. The van der Waals surface area contributed by atoms with Crippen LogP contribution in [0.15, 0.2) is 78.9 Å². The third kappa shape index (κ3) is 2.60. The zero-order valence-corrected chi connectivity index (χ0v) is 15.2. The molecule has 1 heterocycles. The van der Waals surface area contributed by atoms with Gasteiger partial charge in [0.1, 0.15) is 0 Å². The van der Waals surface area contributed by atoms with Gasteiger partial charge in [-0.15, -0.1) is 0 Å². The van der Waals surface area contributed by atoms with Gasteiger partial charge in [-0.2, -0.15) is 0 Å². The van der Waals surface area contributed by atoms with E-state index in [9.17, 15) is 0 Å². The lowest BCUT2D eigenvalue weighted by atomic mass is 9.87. The van der Waals surface area contributed by atoms with Crippen LogP contribution in [0.3, 0.4) is 0 Å². The average Bonchev–Trinajstić information content (AvgIpc) is 2.68. The molecular weight excluding hydrogens is 314 g/mol. The van der Waals surface area contributed by atoms with Gasteiger partial charge in [0, 0.05) is 19.6 Å². The second kappa shape index (κ2) is 6.26. The molecule has 1 heteroatoms. The molecule has 0 amide bonds. The largest absolute Gasteiger partial charge is 0.294 e. The Bertz CT molecular complexity index is 1090. The molecule has 26 heavy (non-hydrogen) atoms. The molecule has 0 unspecified atom stereocenters. The summed E-state index contributed by atoms with van der Waals surface area (Å²) in [5, 5.41) is 5.48. The fourth-order valence-electron chi connectivity index (χ4n) is 4.56. The minimum Gasteiger partial charge on any atom is -0.294 e. The molecule has 1 aliphatic heterocycles. The SMILES string of the molecule is C[C@H]1CN(Cc2cccc3ccccc23)Cc2c1ccc1ccccc21. The fourth-order valence-corrected chi connectivity index (χ4v) is 4.56. The van der Waals surface area contributed by atoms with Crippen LogP contribution in [-0.4, -0.2) is 11.4 Å². The lowest BCUT2D eigenvalue weighted by Crippen LogP contribution is -2.32. The summed E-state index contributed by atoms with van der Waals surface area (Å²) in [7, 11) is 0. The molecule has 0 radical (unpaired) electrons. The summed E-state index contributed by atoms with van der Waals surface area (Å²) in [6.45, 7) is 5.52. The van der Waals surface area contributed by atoms with E-state index >= 15 is 0 Å². The highest BCUT2D eigenvalue weighted by atomic mass is 15.1. The van der Waals surface area contributed by atoms with Gasteiger partial charge in [0.25, 0.3) is 0 Å². The van der Waals surface area contributed by atoms with Gasteiger partial charge in [-0.05, 0) is 44.2 Å². The van der Waals surface area contributed by atoms with E-state index in [1.165, 1.54) is 38.2 Å². The molecule has 0 aromatic heterocycles. The van der Waals surface area contributed by atoms with E-state index in [0.717, 1.165) is 19.6 Å². The molecule has 0 saturated carbocycles. The van der Waals surface area contributed by atoms with Gasteiger partial charge in [-0.1, -0.05) is 85.8 Å². The smallest absolute Gasteiger partial charge is 0.0246 e. The van der Waals surface area contributed by atoms with Crippen LogP contribution in [0, 0.1) is 0 Å². The van der Waals surface area contributed by atoms with Crippen LogP contribution < -0.4 is 0 Å². The van der Waals surface area contributed by atoms with E-state index in [2.05, 4.69) is 90.7 Å². The van der Waals surface area contributed by atoms with Crippen molar-refractivity contribution in [2.24, 2.45) is 0 Å². The highest BCUT2D eigenvalue weighted by molar-refractivity contribution is 5.87. The van der Waals surface area contributed by atoms with E-state index in [1.54, 1.807) is 0 Å². The summed E-state index contributed by atoms with van der Waals surface area (Å²) in [4.78, 5) is 2.61. The van der Waals surface area contributed by atoms with Gasteiger partial charge in [-0.25, -0.2) is 0 Å². The predicted molar refractivity (Wildman–Crippen MR) is 110 cm³/mol. The van der Waals surface area contributed by atoms with E-state index in [1.807, 2.05) is 0 Å². The molecule has 0 N–H and O–H groups in total. The van der Waals surface area contributed by atoms with Crippen molar-refractivity contribution < 1.29 is 0 Å². The molecule has 0 aliphatic carbocycles. The molecule has 0 spiro atoms. The molecule has 4 aromatic rings. The molecule has 0 bridgehead atoms. The Labute approximate surface area is 154 Å². The van der Waals surface area contributed by atoms with Crippen LogP contribution in [0.25, 0.3) is 21.5 Å². The van der Waals surface area contributed by atoms with E-state index in [4.69, 9.17) is 0 Å². The highest BCUT2D eigenvalue weighted by Gasteiger charge is 2.24. The predicted octanol–water partition coefficient (Wildman–Crippen LogP) is 6.11. The minimum atomic E-state index is 0.568. The van der Waals surface area contributed by atoms with Gasteiger partial charge in [0.05, 0.1) is 0 Å². The van der Waals surface area contributed by atoms with Crippen molar-refractivity contribution in [1.29, 1.82) is 0 Å². The summed E-state index contributed by atoms with van der Waals surface area (Å²) in [5.74, 6) is 0.568. The monoisotopic (exact) mass is 337 g/mol. The van der Waals surface area contributed by atoms with Crippen LogP contribution in [0.2, 0.25) is 0 Å². The zero-order valence-electron chi connectivity index (χ0n) is 15.2. The lowest BCUT2D eigenvalue weighted by molar-refractivity contribution is 0.228. The Morgan fingerprint density at radius 2 is 1.46 bits per heavy atom. The first-order valence-electron chi connectivity index (χ1n) is 9.49. The number of nitrogens with zero attached hydrogens (tertiary/aromatic N) is 1. The fraction of sp³-hybridized carbons (Fsp3) is 0.200. The maximum atomic E-state index is 2.61. The second-order valence-corrected chi connectivity index (χ2v) is 7.56. The molecular formula is C25H23N. The topological polar surface area (TPSA) is 3.24 Å². The summed E-state index contributed by atoms with van der Waals surface area (Å²) in [6.07, 6.45) is 0. The minimum absolute atomic E-state index is 0.568. The molecule has 1 atom stereocenters. The van der Waals surface area contributed by atoms with Crippen molar-refractivity contribution in [3.63, 3.8) is 0 Å². The van der Waals surface area contributed by atoms with E-state index < -0.39 is 0 Å². The lowest BCUT2D eigenvalue weighted by Gasteiger charge is -2.34. The maximum Gasteiger partial charge on any atom is 0.0246 e. The van der Waals surface area contributed by atoms with Crippen LogP contribution in [0.5, 0.6) is 0 Å². The molecule has 1 nitrogen and oxygen atoms in total. The third-order valence-electron chi connectivity index (χ3n) is 5.80. The number of rotatable bonds is 2. The molecule has 1 aliphatic rings. The Balaban J connectivity index is 1.53. The normalized spacial score (nSPS) is 17.5. The first kappa shape index (κ1) is 15.6. The van der Waals surface area contributed by atoms with Crippen molar-refractivity contribution in [2.45, 2.75) is 25.9 Å². The first-order valence-corrected chi connectivity index (χ1v) is 9.49. The molecule has 4 aromatic carbocycles. The van der Waals surface area contributed by atoms with Crippen molar-refractivity contribution in [1.82, 2.24) is 4.90 Å². The number of hydrogen-bond donors (Lipinski definition) is 0. The van der Waals surface area contributed by atoms with E-state index in [0.29, 0.717) is 5.92 Å². The second-order valence-electron chi connectivity index (χ2n) is 7.56. The molecule has 5 rings (SSSR count). The van der Waals surface area contributed by atoms with Crippen molar-refractivity contribution in [3.8, 4) is 0 Å². The standard InChI is InChI=1S/C25H23N/c1-18-15-26(16-21-10-6-9-19-7-2-4-11-23(19)21)17-25-22(18)14-13-20-8-3-5-12-24(20)25/h2-14,18H,15-17H2,1H3/t18-/m0/s1. The summed E-state index contributed by atoms with van der Waals surface area (Å²) >= 11 is 0. The highest BCUT2D eigenvalue weighted by Crippen LogP contribution is 2.34. The Morgan fingerprint density at radius 3 is 2.31 bits per heavy atom. The van der Waals surface area contributed by atoms with Crippen LogP contribution in [0.4, 0.5) is 0 Å². The number of fused-ring (bicyclic) bond motifs is 4. The Morgan fingerprint density at radius 1 is 0.769 bits per heavy atom. The van der Waals surface area contributed by atoms with Gasteiger partial charge in [0.2, 0.25) is 0 Å². The van der Waals surface area contributed by atoms with Gasteiger partial charge >= 0.3 is 0 Å². The number of benzene rings is 4. The Hall–Kier alpha value is -2.64. The molecule has 128 valence electrons. The maximum absolute atomic E-state index is 2.61.